The minimum Gasteiger partial charge on any atom is -0.327 e. The summed E-state index contributed by atoms with van der Waals surface area (Å²) in [5.41, 5.74) is 9.31. The first-order valence-corrected chi connectivity index (χ1v) is 23.4. The highest BCUT2D eigenvalue weighted by Crippen LogP contribution is 2.43. The maximum Gasteiger partial charge on any atom is 0.184 e. The summed E-state index contributed by atoms with van der Waals surface area (Å²) in [6, 6.07) is 74.3. The number of imidazole rings is 1. The number of hydrogen-bond donors (Lipinski definition) is 0. The molecule has 0 N–H and O–H groups in total. The number of rotatable bonds is 7. The van der Waals surface area contributed by atoms with E-state index in [0.29, 0.717) is 11.1 Å². The van der Waals surface area contributed by atoms with E-state index >= 15 is 4.39 Å². The summed E-state index contributed by atoms with van der Waals surface area (Å²) < 4.78 is 22.1. The van der Waals surface area contributed by atoms with E-state index in [1.165, 1.54) is 20.7 Å². The smallest absolute Gasteiger partial charge is 0.184 e. The van der Waals surface area contributed by atoms with Crippen LogP contribution in [0.2, 0.25) is 0 Å². The third kappa shape index (κ3) is 5.67. The summed E-state index contributed by atoms with van der Waals surface area (Å²) >= 11 is 0. The van der Waals surface area contributed by atoms with Crippen LogP contribution in [0, 0.1) is 0 Å². The van der Waals surface area contributed by atoms with Crippen LogP contribution >= 0.6 is 0 Å². The Morgan fingerprint density at radius 2 is 1.16 bits per heavy atom. The Hall–Kier alpha value is -7.87. The molecule has 11 aromatic rings. The Bertz CT molecular complexity index is 3460. The zero-order valence-electron chi connectivity index (χ0n) is 34.5. The van der Waals surface area contributed by atoms with Gasteiger partial charge in [0.05, 0.1) is 22.1 Å². The lowest BCUT2D eigenvalue weighted by Crippen LogP contribution is -2.77. The highest BCUT2D eigenvalue weighted by molar-refractivity contribution is 7.21. The molecule has 8 aromatic carbocycles. The Labute approximate surface area is 365 Å². The average Bonchev–Trinajstić information content (AvgIpc) is 3.87. The fraction of sp³-hybridized carbons (Fsp3) is 0.0357. The highest BCUT2D eigenvalue weighted by Gasteiger charge is 2.49. The van der Waals surface area contributed by atoms with Crippen LogP contribution in [-0.4, -0.2) is 27.2 Å². The highest BCUT2D eigenvalue weighted by atomic mass is 28.3. The van der Waals surface area contributed by atoms with Crippen molar-refractivity contribution >= 4 is 78.9 Å². The van der Waals surface area contributed by atoms with Gasteiger partial charge in [0.2, 0.25) is 0 Å². The minimum atomic E-state index is -3.17. The largest absolute Gasteiger partial charge is 0.327 e. The predicted molar refractivity (Wildman–Crippen MR) is 260 cm³/mol. The van der Waals surface area contributed by atoms with Gasteiger partial charge in [-0.25, -0.2) is 14.4 Å². The number of aryl methyl sites for hydroxylation is 1. The molecule has 3 aromatic heterocycles. The van der Waals surface area contributed by atoms with E-state index in [1.54, 1.807) is 0 Å². The molecule has 300 valence electrons. The summed E-state index contributed by atoms with van der Waals surface area (Å²) in [7, 11) is -1.16. The van der Waals surface area contributed by atoms with Gasteiger partial charge in [0.25, 0.3) is 0 Å². The van der Waals surface area contributed by atoms with E-state index in [9.17, 15) is 0 Å². The second-order valence-electron chi connectivity index (χ2n) is 16.3. The summed E-state index contributed by atoms with van der Waals surface area (Å²) in [4.78, 5) is 12.2. The molecular weight excluding hydrogens is 790 g/mol. The van der Waals surface area contributed by atoms with Crippen molar-refractivity contribution in [3.8, 4) is 17.1 Å². The monoisotopic (exact) mass is 829 g/mol. The van der Waals surface area contributed by atoms with Crippen LogP contribution in [0.4, 0.5) is 21.6 Å². The van der Waals surface area contributed by atoms with Gasteiger partial charge in [0.15, 0.2) is 14.2 Å². The van der Waals surface area contributed by atoms with Crippen molar-refractivity contribution in [1.82, 2.24) is 19.1 Å². The van der Waals surface area contributed by atoms with Crippen molar-refractivity contribution in [3.05, 3.63) is 230 Å². The quantitative estimate of drug-likeness (QED) is 0.150. The number of hydrogen-bond acceptors (Lipinski definition) is 3. The lowest BCUT2D eigenvalue weighted by Gasteiger charge is -2.45. The van der Waals surface area contributed by atoms with Gasteiger partial charge >= 0.3 is 0 Å². The van der Waals surface area contributed by atoms with Crippen LogP contribution in [0.25, 0.3) is 49.9 Å². The van der Waals surface area contributed by atoms with E-state index in [1.807, 2.05) is 73.9 Å². The van der Waals surface area contributed by atoms with Crippen LogP contribution in [0.15, 0.2) is 219 Å². The molecule has 0 spiro atoms. The summed E-state index contributed by atoms with van der Waals surface area (Å²) in [6.45, 7) is 0. The normalized spacial score (nSPS) is 13.6. The molecule has 0 bridgehead atoms. The van der Waals surface area contributed by atoms with Crippen LogP contribution < -0.4 is 25.6 Å². The molecule has 0 saturated carbocycles. The number of nitrogens with zero attached hydrogens (tertiary/aromatic N) is 5. The van der Waals surface area contributed by atoms with Crippen molar-refractivity contribution in [2.45, 2.75) is 6.17 Å². The molecule has 0 radical (unpaired) electrons. The van der Waals surface area contributed by atoms with E-state index in [4.69, 9.17) is 9.97 Å². The number of pyridine rings is 1. The molecule has 0 aliphatic carbocycles. The molecule has 1 aliphatic heterocycles. The van der Waals surface area contributed by atoms with Crippen molar-refractivity contribution < 1.29 is 4.39 Å². The molecule has 7 heteroatoms. The van der Waals surface area contributed by atoms with Gasteiger partial charge in [-0.05, 0) is 98.6 Å². The molecule has 0 saturated heterocycles. The van der Waals surface area contributed by atoms with Crippen LogP contribution in [-0.2, 0) is 7.05 Å². The van der Waals surface area contributed by atoms with Gasteiger partial charge in [-0.15, -0.1) is 0 Å². The number of alkyl halides is 1. The summed E-state index contributed by atoms with van der Waals surface area (Å²) in [6.07, 6.45) is 0.434. The zero-order chi connectivity index (χ0) is 42.1. The fourth-order valence-electron chi connectivity index (χ4n) is 10.2. The number of para-hydroxylation sites is 4. The molecule has 1 unspecified atom stereocenters. The van der Waals surface area contributed by atoms with Crippen molar-refractivity contribution in [2.24, 2.45) is 7.05 Å². The minimum absolute atomic E-state index is 0.574. The van der Waals surface area contributed by atoms with E-state index in [0.717, 1.165) is 67.1 Å². The topological polar surface area (TPSA) is 38.9 Å². The fourth-order valence-corrected chi connectivity index (χ4v) is 15.2. The summed E-state index contributed by atoms with van der Waals surface area (Å²) in [5.74, 6) is 1.57. The average molecular weight is 830 g/mol. The van der Waals surface area contributed by atoms with Gasteiger partial charge < -0.3 is 9.13 Å². The standard InChI is InChI=1S/C56H40FN5Si/c1-60-48-29-14-12-27-46(48)59-56(60)40-19-17-18-38(34-40)55(57)39-31-32-52-50(35-39)62(54-30-15-16-33-58-54)51-36-45-44-26-11-13-28-47(44)61(41-20-5-2-6-21-41)49(45)37-53(51)63(52,42-22-7-3-8-23-42)43-24-9-4-10-25-43/h2-37,55H,1H3. The maximum absolute atomic E-state index is 17.6. The van der Waals surface area contributed by atoms with Crippen LogP contribution in [0.3, 0.4) is 0 Å². The number of anilines is 3. The van der Waals surface area contributed by atoms with Crippen molar-refractivity contribution in [3.63, 3.8) is 0 Å². The Morgan fingerprint density at radius 3 is 1.89 bits per heavy atom. The number of benzene rings is 8. The summed E-state index contributed by atoms with van der Waals surface area (Å²) in [5, 5.41) is 7.21. The number of fused-ring (bicyclic) bond motifs is 6. The lowest BCUT2D eigenvalue weighted by atomic mass is 9.99. The SMILES string of the molecule is Cn1c(-c2cccc(C(F)c3ccc4c(c3)N(c3ccccn3)c3cc5c6ccccc6n(-c6ccccc6)c5cc3[Si]4(c3ccccc3)c3ccccc3)c2)nc2ccccc21. The molecule has 63 heavy (non-hydrogen) atoms. The van der Waals surface area contributed by atoms with Gasteiger partial charge in [-0.1, -0.05) is 146 Å². The van der Waals surface area contributed by atoms with Crippen molar-refractivity contribution in [1.29, 1.82) is 0 Å². The molecule has 1 aliphatic rings. The zero-order valence-corrected chi connectivity index (χ0v) is 35.5. The first-order valence-electron chi connectivity index (χ1n) is 21.4. The van der Waals surface area contributed by atoms with Gasteiger partial charge in [-0.3, -0.25) is 4.90 Å². The first kappa shape index (κ1) is 36.9. The molecule has 0 fully saturated rings. The molecule has 12 rings (SSSR count). The number of halogens is 1. The molecule has 4 heterocycles. The van der Waals surface area contributed by atoms with Gasteiger partial charge in [0.1, 0.15) is 11.6 Å². The molecule has 0 amide bonds. The van der Waals surface area contributed by atoms with Crippen LogP contribution in [0.1, 0.15) is 17.3 Å². The second kappa shape index (κ2) is 14.6. The second-order valence-corrected chi connectivity index (χ2v) is 20.1. The Morgan fingerprint density at radius 1 is 0.508 bits per heavy atom. The Balaban J connectivity index is 1.15. The van der Waals surface area contributed by atoms with E-state index in [2.05, 4.69) is 166 Å². The maximum atomic E-state index is 17.6. The molecular formula is C56H40FN5Si. The Kier molecular flexibility index (Phi) is 8.59. The van der Waals surface area contributed by atoms with Crippen molar-refractivity contribution in [2.75, 3.05) is 4.90 Å². The third-order valence-corrected chi connectivity index (χ3v) is 17.8. The van der Waals surface area contributed by atoms with Gasteiger partial charge in [0, 0.05) is 46.6 Å². The number of aromatic nitrogens is 4. The molecule has 1 atom stereocenters. The van der Waals surface area contributed by atoms with E-state index in [-0.39, 0.29) is 0 Å². The van der Waals surface area contributed by atoms with Gasteiger partial charge in [-0.2, -0.15) is 0 Å². The van der Waals surface area contributed by atoms with Crippen LogP contribution in [0.5, 0.6) is 0 Å². The first-order chi connectivity index (χ1) is 31.1. The third-order valence-electron chi connectivity index (χ3n) is 12.9. The lowest BCUT2D eigenvalue weighted by molar-refractivity contribution is 0.402. The van der Waals surface area contributed by atoms with E-state index < -0.39 is 14.2 Å². The predicted octanol–water partition coefficient (Wildman–Crippen LogP) is 11.0. The molecule has 5 nitrogen and oxygen atoms in total.